The number of rotatable bonds is 7. The SMILES string of the molecule is O=C(NCCCCN1CCN(c2ccccc2)CC1)C12CC3CC(CC(C3)C1)C2. The first kappa shape index (κ1) is 19.4. The zero-order valence-corrected chi connectivity index (χ0v) is 17.8. The number of nitrogens with one attached hydrogen (secondary N) is 1. The molecule has 4 nitrogen and oxygen atoms in total. The van der Waals surface area contributed by atoms with Crippen LogP contribution in [0.25, 0.3) is 0 Å². The first-order valence-corrected chi connectivity index (χ1v) is 12.0. The number of unbranched alkanes of at least 4 members (excludes halogenated alkanes) is 1. The molecule has 0 radical (unpaired) electrons. The van der Waals surface area contributed by atoms with Gasteiger partial charge in [0.25, 0.3) is 0 Å². The number of piperazine rings is 1. The van der Waals surface area contributed by atoms with E-state index >= 15 is 0 Å². The molecule has 0 spiro atoms. The van der Waals surface area contributed by atoms with Gasteiger partial charge in [0, 0.05) is 43.8 Å². The Labute approximate surface area is 176 Å². The van der Waals surface area contributed by atoms with Crippen LogP contribution >= 0.6 is 0 Å². The predicted octanol–water partition coefficient (Wildman–Crippen LogP) is 3.92. The molecule has 4 heteroatoms. The third-order valence-electron chi connectivity index (χ3n) is 8.20. The minimum absolute atomic E-state index is 0.0164. The van der Waals surface area contributed by atoms with Crippen molar-refractivity contribution in [2.45, 2.75) is 51.4 Å². The van der Waals surface area contributed by atoms with Crippen molar-refractivity contribution in [3.8, 4) is 0 Å². The molecule has 1 saturated heterocycles. The van der Waals surface area contributed by atoms with E-state index in [0.717, 1.165) is 63.4 Å². The molecule has 0 aromatic heterocycles. The van der Waals surface area contributed by atoms with Gasteiger partial charge in [0.2, 0.25) is 5.91 Å². The van der Waals surface area contributed by atoms with Crippen molar-refractivity contribution in [1.82, 2.24) is 10.2 Å². The maximum Gasteiger partial charge on any atom is 0.226 e. The molecule has 1 amide bonds. The molecule has 4 aliphatic carbocycles. The van der Waals surface area contributed by atoms with Crippen molar-refractivity contribution < 1.29 is 4.79 Å². The van der Waals surface area contributed by atoms with E-state index in [-0.39, 0.29) is 5.41 Å². The summed E-state index contributed by atoms with van der Waals surface area (Å²) in [6, 6.07) is 10.8. The fraction of sp³-hybridized carbons (Fsp3) is 0.720. The van der Waals surface area contributed by atoms with E-state index in [1.807, 2.05) is 0 Å². The molecule has 1 N–H and O–H groups in total. The Bertz CT molecular complexity index is 660. The lowest BCUT2D eigenvalue weighted by atomic mass is 9.49. The van der Waals surface area contributed by atoms with E-state index in [4.69, 9.17) is 0 Å². The first-order valence-electron chi connectivity index (χ1n) is 12.0. The number of amides is 1. The van der Waals surface area contributed by atoms with Crippen molar-refractivity contribution in [3.05, 3.63) is 30.3 Å². The summed E-state index contributed by atoms with van der Waals surface area (Å²) >= 11 is 0. The molecular formula is C25H37N3O. The van der Waals surface area contributed by atoms with E-state index < -0.39 is 0 Å². The number of hydrogen-bond acceptors (Lipinski definition) is 3. The summed E-state index contributed by atoms with van der Waals surface area (Å²) in [5, 5.41) is 3.34. The normalized spacial score (nSPS) is 33.8. The van der Waals surface area contributed by atoms with Crippen LogP contribution in [0.15, 0.2) is 30.3 Å². The number of hydrogen-bond donors (Lipinski definition) is 1. The van der Waals surface area contributed by atoms with Gasteiger partial charge in [-0.2, -0.15) is 0 Å². The van der Waals surface area contributed by atoms with Gasteiger partial charge in [-0.05, 0) is 87.8 Å². The number of carbonyl (C=O) groups excluding carboxylic acids is 1. The maximum absolute atomic E-state index is 13.0. The molecular weight excluding hydrogens is 358 g/mol. The topological polar surface area (TPSA) is 35.6 Å². The van der Waals surface area contributed by atoms with Crippen molar-refractivity contribution in [2.75, 3.05) is 44.2 Å². The van der Waals surface area contributed by atoms with Gasteiger partial charge >= 0.3 is 0 Å². The third-order valence-corrected chi connectivity index (χ3v) is 8.20. The lowest BCUT2D eigenvalue weighted by Crippen LogP contribution is -2.53. The average Bonchev–Trinajstić information content (AvgIpc) is 2.73. The van der Waals surface area contributed by atoms with E-state index in [9.17, 15) is 4.79 Å². The van der Waals surface area contributed by atoms with Crippen LogP contribution < -0.4 is 10.2 Å². The fourth-order valence-electron chi connectivity index (χ4n) is 7.11. The van der Waals surface area contributed by atoms with Crippen LogP contribution in [0.5, 0.6) is 0 Å². The summed E-state index contributed by atoms with van der Waals surface area (Å²) in [6.45, 7) is 6.56. The van der Waals surface area contributed by atoms with Crippen LogP contribution in [0.4, 0.5) is 5.69 Å². The smallest absolute Gasteiger partial charge is 0.226 e. The minimum atomic E-state index is 0.0164. The average molecular weight is 396 g/mol. The Kier molecular flexibility index (Phi) is 5.55. The zero-order chi connectivity index (χ0) is 19.7. The molecule has 6 rings (SSSR count). The highest BCUT2D eigenvalue weighted by Crippen LogP contribution is 2.60. The second kappa shape index (κ2) is 8.29. The maximum atomic E-state index is 13.0. The number of benzene rings is 1. The van der Waals surface area contributed by atoms with Gasteiger partial charge < -0.3 is 10.2 Å². The standard InChI is InChI=1S/C25H37N3O/c29-24(25-17-20-14-21(18-25)16-22(15-20)19-25)26-8-4-5-9-27-10-12-28(13-11-27)23-6-2-1-3-7-23/h1-3,6-7,20-22H,4-5,8-19H2,(H,26,29). The molecule has 158 valence electrons. The van der Waals surface area contributed by atoms with Crippen LogP contribution in [0, 0.1) is 23.2 Å². The van der Waals surface area contributed by atoms with Crippen molar-refractivity contribution in [2.24, 2.45) is 23.2 Å². The highest BCUT2D eigenvalue weighted by molar-refractivity contribution is 5.83. The van der Waals surface area contributed by atoms with E-state index in [2.05, 4.69) is 45.4 Å². The summed E-state index contributed by atoms with van der Waals surface area (Å²) in [5.41, 5.74) is 1.36. The molecule has 4 saturated carbocycles. The lowest BCUT2D eigenvalue weighted by Gasteiger charge is -2.55. The molecule has 5 fully saturated rings. The van der Waals surface area contributed by atoms with Gasteiger partial charge in [0.1, 0.15) is 0 Å². The van der Waals surface area contributed by atoms with Crippen LogP contribution in [0.1, 0.15) is 51.4 Å². The number of nitrogens with zero attached hydrogens (tertiary/aromatic N) is 2. The number of carbonyl (C=O) groups is 1. The van der Waals surface area contributed by atoms with E-state index in [0.29, 0.717) is 5.91 Å². The third kappa shape index (κ3) is 4.19. The molecule has 4 bridgehead atoms. The van der Waals surface area contributed by atoms with Gasteiger partial charge in [-0.25, -0.2) is 0 Å². The Morgan fingerprint density at radius 2 is 1.52 bits per heavy atom. The van der Waals surface area contributed by atoms with E-state index in [1.54, 1.807) is 0 Å². The van der Waals surface area contributed by atoms with Gasteiger partial charge in [0.15, 0.2) is 0 Å². The Hall–Kier alpha value is -1.55. The summed E-state index contributed by atoms with van der Waals surface area (Å²) in [4.78, 5) is 18.1. The molecule has 5 aliphatic rings. The highest BCUT2D eigenvalue weighted by atomic mass is 16.2. The second-order valence-corrected chi connectivity index (χ2v) is 10.3. The molecule has 1 aromatic carbocycles. The molecule has 0 unspecified atom stereocenters. The first-order chi connectivity index (χ1) is 14.2. The second-order valence-electron chi connectivity index (χ2n) is 10.3. The van der Waals surface area contributed by atoms with Crippen LogP contribution in [-0.2, 0) is 4.79 Å². The van der Waals surface area contributed by atoms with Gasteiger partial charge in [0.05, 0.1) is 0 Å². The summed E-state index contributed by atoms with van der Waals surface area (Å²) in [7, 11) is 0. The summed E-state index contributed by atoms with van der Waals surface area (Å²) in [6.07, 6.45) is 10.0. The lowest BCUT2D eigenvalue weighted by molar-refractivity contribution is -0.146. The Morgan fingerprint density at radius 3 is 2.14 bits per heavy atom. The molecule has 1 heterocycles. The van der Waals surface area contributed by atoms with Gasteiger partial charge in [-0.3, -0.25) is 9.69 Å². The quantitative estimate of drug-likeness (QED) is 0.711. The molecule has 1 aromatic rings. The highest BCUT2D eigenvalue weighted by Gasteiger charge is 2.54. The monoisotopic (exact) mass is 395 g/mol. The molecule has 0 atom stereocenters. The van der Waals surface area contributed by atoms with Crippen molar-refractivity contribution >= 4 is 11.6 Å². The molecule has 29 heavy (non-hydrogen) atoms. The Balaban J connectivity index is 0.995. The van der Waals surface area contributed by atoms with Crippen molar-refractivity contribution in [3.63, 3.8) is 0 Å². The van der Waals surface area contributed by atoms with Gasteiger partial charge in [-0.15, -0.1) is 0 Å². The minimum Gasteiger partial charge on any atom is -0.369 e. The number of para-hydroxylation sites is 1. The zero-order valence-electron chi connectivity index (χ0n) is 17.8. The number of anilines is 1. The molecule has 1 aliphatic heterocycles. The van der Waals surface area contributed by atoms with Crippen LogP contribution in [0.3, 0.4) is 0 Å². The fourth-order valence-corrected chi connectivity index (χ4v) is 7.11. The predicted molar refractivity (Wildman–Crippen MR) is 118 cm³/mol. The summed E-state index contributed by atoms with van der Waals surface area (Å²) < 4.78 is 0. The van der Waals surface area contributed by atoms with Crippen LogP contribution in [0.2, 0.25) is 0 Å². The van der Waals surface area contributed by atoms with E-state index in [1.165, 1.54) is 50.6 Å². The van der Waals surface area contributed by atoms with Crippen LogP contribution in [-0.4, -0.2) is 50.1 Å². The Morgan fingerprint density at radius 1 is 0.897 bits per heavy atom. The van der Waals surface area contributed by atoms with Gasteiger partial charge in [-0.1, -0.05) is 18.2 Å². The largest absolute Gasteiger partial charge is 0.369 e. The summed E-state index contributed by atoms with van der Waals surface area (Å²) in [5.74, 6) is 2.94. The van der Waals surface area contributed by atoms with Crippen molar-refractivity contribution in [1.29, 1.82) is 0 Å².